The molecule has 2 heterocycles. The van der Waals surface area contributed by atoms with Gasteiger partial charge in [0.15, 0.2) is 0 Å². The first-order valence-electron chi connectivity index (χ1n) is 8.48. The average Bonchev–Trinajstić information content (AvgIpc) is 3.20. The van der Waals surface area contributed by atoms with E-state index >= 15 is 0 Å². The first-order chi connectivity index (χ1) is 10.7. The Morgan fingerprint density at radius 2 is 2.14 bits per heavy atom. The number of aryl methyl sites for hydroxylation is 1. The van der Waals surface area contributed by atoms with Gasteiger partial charge in [0.05, 0.1) is 6.04 Å². The standard InChI is InChI=1S/C17H27N3O2/c1-13-10-18-16(12-22-2)20(13)15-7-8-19(11-15)17(21)9-14-5-3-4-6-14/h10,14-15H,3-9,11-12H2,1-2H3/t15-/m0/s1. The zero-order valence-corrected chi connectivity index (χ0v) is 13.8. The molecule has 0 unspecified atom stereocenters. The summed E-state index contributed by atoms with van der Waals surface area (Å²) in [5, 5.41) is 0. The Hall–Kier alpha value is -1.36. The van der Waals surface area contributed by atoms with Crippen LogP contribution in [0.25, 0.3) is 0 Å². The van der Waals surface area contributed by atoms with Gasteiger partial charge in [-0.25, -0.2) is 4.98 Å². The molecule has 1 aliphatic heterocycles. The number of carbonyl (C=O) groups excluding carboxylic acids is 1. The SMILES string of the molecule is COCc1ncc(C)n1[C@H]1CCN(C(=O)CC2CCCC2)C1. The predicted molar refractivity (Wildman–Crippen MR) is 84.5 cm³/mol. The quantitative estimate of drug-likeness (QED) is 0.840. The van der Waals surface area contributed by atoms with Crippen molar-refractivity contribution in [3.8, 4) is 0 Å². The molecule has 22 heavy (non-hydrogen) atoms. The first kappa shape index (κ1) is 15.5. The number of ether oxygens (including phenoxy) is 1. The second kappa shape index (κ2) is 6.82. The van der Waals surface area contributed by atoms with Crippen molar-refractivity contribution in [2.24, 2.45) is 5.92 Å². The van der Waals surface area contributed by atoms with E-state index < -0.39 is 0 Å². The number of imidazole rings is 1. The van der Waals surface area contributed by atoms with E-state index in [2.05, 4.69) is 21.4 Å². The zero-order chi connectivity index (χ0) is 15.5. The number of rotatable bonds is 5. The van der Waals surface area contributed by atoms with E-state index in [0.717, 1.165) is 37.4 Å². The van der Waals surface area contributed by atoms with Crippen LogP contribution in [0, 0.1) is 12.8 Å². The first-order valence-corrected chi connectivity index (χ1v) is 8.48. The summed E-state index contributed by atoms with van der Waals surface area (Å²) in [6, 6.07) is 0.347. The third kappa shape index (κ3) is 3.19. The van der Waals surface area contributed by atoms with Crippen LogP contribution in [-0.2, 0) is 16.1 Å². The molecule has 1 saturated heterocycles. The Balaban J connectivity index is 1.62. The second-order valence-corrected chi connectivity index (χ2v) is 6.76. The number of hydrogen-bond donors (Lipinski definition) is 0. The number of hydrogen-bond acceptors (Lipinski definition) is 3. The molecule has 2 fully saturated rings. The highest BCUT2D eigenvalue weighted by molar-refractivity contribution is 5.76. The van der Waals surface area contributed by atoms with Crippen LogP contribution in [0.3, 0.4) is 0 Å². The summed E-state index contributed by atoms with van der Waals surface area (Å²) in [6.45, 7) is 4.30. The van der Waals surface area contributed by atoms with Gasteiger partial charge in [-0.05, 0) is 32.1 Å². The highest BCUT2D eigenvalue weighted by Crippen LogP contribution is 2.30. The Labute approximate surface area is 132 Å². The zero-order valence-electron chi connectivity index (χ0n) is 13.8. The minimum atomic E-state index is 0.347. The van der Waals surface area contributed by atoms with Gasteiger partial charge in [0, 0.05) is 38.5 Å². The summed E-state index contributed by atoms with van der Waals surface area (Å²) >= 11 is 0. The summed E-state index contributed by atoms with van der Waals surface area (Å²) in [4.78, 5) is 19.0. The summed E-state index contributed by atoms with van der Waals surface area (Å²) in [6.07, 6.45) is 8.75. The minimum absolute atomic E-state index is 0.347. The van der Waals surface area contributed by atoms with Crippen LogP contribution in [0.1, 0.15) is 56.1 Å². The number of carbonyl (C=O) groups is 1. The van der Waals surface area contributed by atoms with Crippen molar-refractivity contribution in [3.05, 3.63) is 17.7 Å². The number of aromatic nitrogens is 2. The Bertz CT molecular complexity index is 520. The molecule has 1 aromatic rings. The van der Waals surface area contributed by atoms with Gasteiger partial charge in [-0.15, -0.1) is 0 Å². The van der Waals surface area contributed by atoms with Gasteiger partial charge in [-0.3, -0.25) is 4.79 Å². The molecule has 1 amide bonds. The number of nitrogens with zero attached hydrogens (tertiary/aromatic N) is 3. The number of amides is 1. The highest BCUT2D eigenvalue weighted by atomic mass is 16.5. The lowest BCUT2D eigenvalue weighted by atomic mass is 10.0. The second-order valence-electron chi connectivity index (χ2n) is 6.76. The molecule has 0 spiro atoms. The van der Waals surface area contributed by atoms with Crippen LogP contribution < -0.4 is 0 Å². The molecule has 0 aromatic carbocycles. The summed E-state index contributed by atoms with van der Waals surface area (Å²) < 4.78 is 7.50. The molecule has 0 bridgehead atoms. The lowest BCUT2D eigenvalue weighted by molar-refractivity contribution is -0.131. The predicted octanol–water partition coefficient (Wildman–Crippen LogP) is 2.69. The van der Waals surface area contributed by atoms with Gasteiger partial charge in [0.1, 0.15) is 12.4 Å². The maximum Gasteiger partial charge on any atom is 0.222 e. The Morgan fingerprint density at radius 3 is 2.86 bits per heavy atom. The van der Waals surface area contributed by atoms with E-state index in [-0.39, 0.29) is 0 Å². The van der Waals surface area contributed by atoms with Gasteiger partial charge < -0.3 is 14.2 Å². The fourth-order valence-corrected chi connectivity index (χ4v) is 4.00. The largest absolute Gasteiger partial charge is 0.377 e. The molecule has 5 nitrogen and oxygen atoms in total. The molecule has 5 heteroatoms. The van der Waals surface area contributed by atoms with Gasteiger partial charge in [-0.2, -0.15) is 0 Å². The summed E-state index contributed by atoms with van der Waals surface area (Å²) in [7, 11) is 1.69. The van der Waals surface area contributed by atoms with Crippen LogP contribution in [0.15, 0.2) is 6.20 Å². The Kier molecular flexibility index (Phi) is 4.81. The van der Waals surface area contributed by atoms with E-state index in [9.17, 15) is 4.79 Å². The molecule has 0 N–H and O–H groups in total. The molecule has 1 aliphatic carbocycles. The van der Waals surface area contributed by atoms with Gasteiger partial charge in [0.25, 0.3) is 0 Å². The number of likely N-dealkylation sites (tertiary alicyclic amines) is 1. The molecular formula is C17H27N3O2. The van der Waals surface area contributed by atoms with E-state index in [1.807, 2.05) is 6.20 Å². The molecule has 2 aliphatic rings. The van der Waals surface area contributed by atoms with Crippen LogP contribution >= 0.6 is 0 Å². The summed E-state index contributed by atoms with van der Waals surface area (Å²) in [5.74, 6) is 1.95. The van der Waals surface area contributed by atoms with Crippen LogP contribution in [0.5, 0.6) is 0 Å². The van der Waals surface area contributed by atoms with Crippen LogP contribution in [-0.4, -0.2) is 40.6 Å². The minimum Gasteiger partial charge on any atom is -0.377 e. The molecular weight excluding hydrogens is 278 g/mol. The van der Waals surface area contributed by atoms with E-state index in [4.69, 9.17) is 4.74 Å². The highest BCUT2D eigenvalue weighted by Gasteiger charge is 2.30. The molecule has 1 aromatic heterocycles. The van der Waals surface area contributed by atoms with Crippen molar-refractivity contribution < 1.29 is 9.53 Å². The van der Waals surface area contributed by atoms with Crippen molar-refractivity contribution in [1.29, 1.82) is 0 Å². The van der Waals surface area contributed by atoms with Crippen molar-refractivity contribution in [3.63, 3.8) is 0 Å². The van der Waals surface area contributed by atoms with Crippen LogP contribution in [0.2, 0.25) is 0 Å². The fraction of sp³-hybridized carbons (Fsp3) is 0.765. The lowest BCUT2D eigenvalue weighted by Crippen LogP contribution is -2.30. The molecule has 3 rings (SSSR count). The van der Waals surface area contributed by atoms with Crippen molar-refractivity contribution in [2.75, 3.05) is 20.2 Å². The van der Waals surface area contributed by atoms with E-state index in [0.29, 0.717) is 24.5 Å². The van der Waals surface area contributed by atoms with Crippen molar-refractivity contribution >= 4 is 5.91 Å². The van der Waals surface area contributed by atoms with Gasteiger partial charge in [-0.1, -0.05) is 12.8 Å². The van der Waals surface area contributed by atoms with Gasteiger partial charge >= 0.3 is 0 Å². The van der Waals surface area contributed by atoms with Gasteiger partial charge in [0.2, 0.25) is 5.91 Å². The van der Waals surface area contributed by atoms with Crippen LogP contribution in [0.4, 0.5) is 0 Å². The Morgan fingerprint density at radius 1 is 1.36 bits per heavy atom. The average molecular weight is 305 g/mol. The fourth-order valence-electron chi connectivity index (χ4n) is 4.00. The normalized spacial score (nSPS) is 22.6. The molecule has 0 radical (unpaired) electrons. The smallest absolute Gasteiger partial charge is 0.222 e. The molecule has 1 saturated carbocycles. The lowest BCUT2D eigenvalue weighted by Gasteiger charge is -2.20. The molecule has 122 valence electrons. The monoisotopic (exact) mass is 305 g/mol. The number of methoxy groups -OCH3 is 1. The maximum atomic E-state index is 12.5. The van der Waals surface area contributed by atoms with E-state index in [1.165, 1.54) is 25.7 Å². The van der Waals surface area contributed by atoms with E-state index in [1.54, 1.807) is 7.11 Å². The topological polar surface area (TPSA) is 47.4 Å². The summed E-state index contributed by atoms with van der Waals surface area (Å²) in [5.41, 5.74) is 1.15. The maximum absolute atomic E-state index is 12.5. The third-order valence-electron chi connectivity index (χ3n) is 5.15. The molecule has 1 atom stereocenters. The van der Waals surface area contributed by atoms with Crippen molar-refractivity contribution in [2.45, 2.75) is 58.1 Å². The third-order valence-corrected chi connectivity index (χ3v) is 5.15. The van der Waals surface area contributed by atoms with Crippen molar-refractivity contribution in [1.82, 2.24) is 14.5 Å².